The molecule has 0 aromatic carbocycles. The molecule has 0 aromatic rings. The van der Waals surface area contributed by atoms with Crippen LogP contribution in [0.3, 0.4) is 0 Å². The fraction of sp³-hybridized carbons (Fsp3) is 0.875. The number of nitrogens with one attached hydrogen (secondary N) is 1. The van der Waals surface area contributed by atoms with Gasteiger partial charge in [-0.1, -0.05) is 32.1 Å². The zero-order valence-electron chi connectivity index (χ0n) is 13.1. The van der Waals surface area contributed by atoms with Crippen LogP contribution in [0.25, 0.3) is 0 Å². The van der Waals surface area contributed by atoms with Crippen LogP contribution in [0.15, 0.2) is 0 Å². The highest BCUT2D eigenvalue weighted by atomic mass is 16.5. The number of methoxy groups -OCH3 is 1. The summed E-state index contributed by atoms with van der Waals surface area (Å²) in [6, 6.07) is 0.0741. The third-order valence-electron chi connectivity index (χ3n) is 4.65. The van der Waals surface area contributed by atoms with Crippen LogP contribution in [0, 0.1) is 0 Å². The van der Waals surface area contributed by atoms with E-state index < -0.39 is 0 Å². The minimum atomic E-state index is -0.247. The number of piperidine rings is 1. The first-order valence-electron chi connectivity index (χ1n) is 8.32. The maximum Gasteiger partial charge on any atom is 0.323 e. The zero-order valence-corrected chi connectivity index (χ0v) is 13.1. The summed E-state index contributed by atoms with van der Waals surface area (Å²) in [4.78, 5) is 26.0. The van der Waals surface area contributed by atoms with Gasteiger partial charge in [0, 0.05) is 6.04 Å². The van der Waals surface area contributed by atoms with E-state index in [-0.39, 0.29) is 17.9 Å². The van der Waals surface area contributed by atoms with Gasteiger partial charge in [0.05, 0.1) is 13.7 Å². The van der Waals surface area contributed by atoms with Gasteiger partial charge in [-0.05, 0) is 32.2 Å². The molecule has 1 saturated carbocycles. The lowest BCUT2D eigenvalue weighted by Crippen LogP contribution is -2.50. The monoisotopic (exact) mass is 296 g/mol. The number of nitrogens with zero attached hydrogens (tertiary/aromatic N) is 1. The van der Waals surface area contributed by atoms with E-state index in [9.17, 15) is 9.59 Å². The summed E-state index contributed by atoms with van der Waals surface area (Å²) in [5.74, 6) is -0.158. The van der Waals surface area contributed by atoms with Crippen molar-refractivity contribution in [2.24, 2.45) is 0 Å². The third-order valence-corrected chi connectivity index (χ3v) is 4.65. The minimum absolute atomic E-state index is 0.0534. The Kier molecular flexibility index (Phi) is 6.49. The van der Waals surface area contributed by atoms with Crippen molar-refractivity contribution in [2.75, 3.05) is 20.2 Å². The second-order valence-corrected chi connectivity index (χ2v) is 6.26. The number of hydrogen-bond donors (Lipinski definition) is 1. The maximum absolute atomic E-state index is 12.2. The first-order chi connectivity index (χ1) is 10.2. The molecule has 2 rings (SSSR count). The first-order valence-corrected chi connectivity index (χ1v) is 8.32. The number of carbonyl (C=O) groups excluding carboxylic acids is 2. The van der Waals surface area contributed by atoms with Crippen molar-refractivity contribution in [1.82, 2.24) is 10.2 Å². The van der Waals surface area contributed by atoms with Crippen molar-refractivity contribution in [1.29, 1.82) is 0 Å². The lowest BCUT2D eigenvalue weighted by atomic mass is 10.0. The molecule has 1 saturated heterocycles. The summed E-state index contributed by atoms with van der Waals surface area (Å²) in [5.41, 5.74) is 0. The highest BCUT2D eigenvalue weighted by molar-refractivity contribution is 5.80. The van der Waals surface area contributed by atoms with E-state index in [1.807, 2.05) is 4.90 Å². The Morgan fingerprint density at radius 2 is 1.71 bits per heavy atom. The average Bonchev–Trinajstić information content (AvgIpc) is 2.75. The third kappa shape index (κ3) is 4.99. The van der Waals surface area contributed by atoms with Crippen molar-refractivity contribution in [3.8, 4) is 0 Å². The van der Waals surface area contributed by atoms with Gasteiger partial charge in [-0.15, -0.1) is 0 Å². The quantitative estimate of drug-likeness (QED) is 0.635. The maximum atomic E-state index is 12.2. The van der Waals surface area contributed by atoms with Crippen LogP contribution in [-0.2, 0) is 14.3 Å². The molecule has 1 N–H and O–H groups in total. The molecule has 1 aliphatic carbocycles. The molecule has 1 amide bonds. The van der Waals surface area contributed by atoms with Crippen molar-refractivity contribution in [3.63, 3.8) is 0 Å². The number of carbonyl (C=O) groups is 2. The number of ether oxygens (including phenoxy) is 1. The average molecular weight is 296 g/mol. The van der Waals surface area contributed by atoms with Gasteiger partial charge in [-0.25, -0.2) is 0 Å². The summed E-state index contributed by atoms with van der Waals surface area (Å²) in [5, 5.41) is 3.15. The highest BCUT2D eigenvalue weighted by Gasteiger charge is 2.31. The van der Waals surface area contributed by atoms with Crippen LogP contribution in [0.5, 0.6) is 0 Å². The van der Waals surface area contributed by atoms with E-state index in [1.165, 1.54) is 32.8 Å². The molecule has 5 nitrogen and oxygen atoms in total. The summed E-state index contributed by atoms with van der Waals surface area (Å²) in [6.07, 6.45) is 10.0. The van der Waals surface area contributed by atoms with Crippen LogP contribution in [-0.4, -0.2) is 49.1 Å². The van der Waals surface area contributed by atoms with E-state index in [4.69, 9.17) is 4.74 Å². The van der Waals surface area contributed by atoms with Crippen molar-refractivity contribution in [2.45, 2.75) is 69.9 Å². The SMILES string of the molecule is COC(=O)[C@H]1CCCCN1CC(=O)NC1CCCCCC1. The Morgan fingerprint density at radius 1 is 1.05 bits per heavy atom. The predicted octanol–water partition coefficient (Wildman–Crippen LogP) is 1.85. The topological polar surface area (TPSA) is 58.6 Å². The van der Waals surface area contributed by atoms with Crippen LogP contribution < -0.4 is 5.32 Å². The molecule has 2 aliphatic rings. The van der Waals surface area contributed by atoms with Crippen LogP contribution in [0.1, 0.15) is 57.8 Å². The van der Waals surface area contributed by atoms with Crippen molar-refractivity contribution < 1.29 is 14.3 Å². The number of rotatable bonds is 4. The van der Waals surface area contributed by atoms with Gasteiger partial charge in [0.1, 0.15) is 6.04 Å². The molecule has 0 aromatic heterocycles. The van der Waals surface area contributed by atoms with E-state index in [2.05, 4.69) is 5.32 Å². The molecule has 5 heteroatoms. The van der Waals surface area contributed by atoms with Crippen LogP contribution in [0.2, 0.25) is 0 Å². The molecule has 21 heavy (non-hydrogen) atoms. The molecule has 1 aliphatic heterocycles. The van der Waals surface area contributed by atoms with Crippen LogP contribution in [0.4, 0.5) is 0 Å². The van der Waals surface area contributed by atoms with Crippen LogP contribution >= 0.6 is 0 Å². The number of amides is 1. The molecule has 2 fully saturated rings. The van der Waals surface area contributed by atoms with Gasteiger partial charge in [0.15, 0.2) is 0 Å². The van der Waals surface area contributed by atoms with E-state index in [0.29, 0.717) is 12.6 Å². The molecule has 1 atom stereocenters. The summed E-state index contributed by atoms with van der Waals surface area (Å²) in [6.45, 7) is 1.12. The molecule has 0 unspecified atom stereocenters. The molecular formula is C16H28N2O3. The number of hydrogen-bond acceptors (Lipinski definition) is 4. The predicted molar refractivity (Wildman–Crippen MR) is 80.9 cm³/mol. The molecular weight excluding hydrogens is 268 g/mol. The second kappa shape index (κ2) is 8.37. The normalized spacial score (nSPS) is 25.1. The Labute approximate surface area is 127 Å². The van der Waals surface area contributed by atoms with E-state index in [0.717, 1.165) is 38.6 Å². The second-order valence-electron chi connectivity index (χ2n) is 6.26. The van der Waals surface area contributed by atoms with E-state index in [1.54, 1.807) is 0 Å². The standard InChI is InChI=1S/C16H28N2O3/c1-21-16(20)14-10-6-7-11-18(14)12-15(19)17-13-8-4-2-3-5-9-13/h13-14H,2-12H2,1H3,(H,17,19)/t14-/m1/s1. The summed E-state index contributed by atoms with van der Waals surface area (Å²) in [7, 11) is 1.42. The van der Waals surface area contributed by atoms with Crippen molar-refractivity contribution in [3.05, 3.63) is 0 Å². The summed E-state index contributed by atoms with van der Waals surface area (Å²) >= 11 is 0. The fourth-order valence-corrected chi connectivity index (χ4v) is 3.46. The Balaban J connectivity index is 1.83. The van der Waals surface area contributed by atoms with Gasteiger partial charge in [-0.3, -0.25) is 14.5 Å². The Bertz CT molecular complexity index is 351. The van der Waals surface area contributed by atoms with Gasteiger partial charge in [-0.2, -0.15) is 0 Å². The molecule has 1 heterocycles. The minimum Gasteiger partial charge on any atom is -0.468 e. The van der Waals surface area contributed by atoms with Gasteiger partial charge < -0.3 is 10.1 Å². The smallest absolute Gasteiger partial charge is 0.323 e. The number of esters is 1. The number of likely N-dealkylation sites (tertiary alicyclic amines) is 1. The molecule has 0 bridgehead atoms. The fourth-order valence-electron chi connectivity index (χ4n) is 3.46. The lowest BCUT2D eigenvalue weighted by molar-refractivity contribution is -0.148. The zero-order chi connectivity index (χ0) is 15.1. The molecule has 120 valence electrons. The van der Waals surface area contributed by atoms with Gasteiger partial charge >= 0.3 is 5.97 Å². The highest BCUT2D eigenvalue weighted by Crippen LogP contribution is 2.19. The Morgan fingerprint density at radius 3 is 2.38 bits per heavy atom. The van der Waals surface area contributed by atoms with Gasteiger partial charge in [0.2, 0.25) is 5.91 Å². The largest absolute Gasteiger partial charge is 0.468 e. The lowest BCUT2D eigenvalue weighted by Gasteiger charge is -2.33. The molecule has 0 spiro atoms. The van der Waals surface area contributed by atoms with Gasteiger partial charge in [0.25, 0.3) is 0 Å². The Hall–Kier alpha value is -1.10. The molecule has 0 radical (unpaired) electrons. The van der Waals surface area contributed by atoms with Crippen molar-refractivity contribution >= 4 is 11.9 Å². The summed E-state index contributed by atoms with van der Waals surface area (Å²) < 4.78 is 4.86. The first kappa shape index (κ1) is 16.3. The van der Waals surface area contributed by atoms with E-state index >= 15 is 0 Å².